The van der Waals surface area contributed by atoms with E-state index >= 15 is 0 Å². The quantitative estimate of drug-likeness (QED) is 0.503. The number of nitrogens with zero attached hydrogens (tertiary/aromatic N) is 1. The SMILES string of the molecule is CCCCC(C)CC[N]CC. The highest BCUT2D eigenvalue weighted by molar-refractivity contribution is 4.54. The van der Waals surface area contributed by atoms with Gasteiger partial charge in [0.1, 0.15) is 0 Å². The molecule has 1 unspecified atom stereocenters. The summed E-state index contributed by atoms with van der Waals surface area (Å²) < 4.78 is 0. The van der Waals surface area contributed by atoms with Gasteiger partial charge in [-0.25, -0.2) is 5.32 Å². The van der Waals surface area contributed by atoms with Crippen LogP contribution in [0.5, 0.6) is 0 Å². The molecule has 67 valence electrons. The van der Waals surface area contributed by atoms with E-state index < -0.39 is 0 Å². The first-order valence-corrected chi connectivity index (χ1v) is 4.94. The smallest absolute Gasteiger partial charge is 0.0135 e. The summed E-state index contributed by atoms with van der Waals surface area (Å²) in [5.74, 6) is 0.880. The topological polar surface area (TPSA) is 14.1 Å². The first-order valence-electron chi connectivity index (χ1n) is 4.94. The zero-order chi connectivity index (χ0) is 8.53. The molecule has 0 aromatic heterocycles. The van der Waals surface area contributed by atoms with Crippen molar-refractivity contribution in [3.05, 3.63) is 0 Å². The van der Waals surface area contributed by atoms with Crippen molar-refractivity contribution in [2.45, 2.75) is 46.5 Å². The van der Waals surface area contributed by atoms with Gasteiger partial charge in [0.2, 0.25) is 0 Å². The Morgan fingerprint density at radius 2 is 1.91 bits per heavy atom. The highest BCUT2D eigenvalue weighted by atomic mass is 14.8. The summed E-state index contributed by atoms with van der Waals surface area (Å²) in [6, 6.07) is 0. The van der Waals surface area contributed by atoms with E-state index in [-0.39, 0.29) is 0 Å². The number of unbranched alkanes of at least 4 members (excludes halogenated alkanes) is 1. The molecule has 1 nitrogen and oxygen atoms in total. The fraction of sp³-hybridized carbons (Fsp3) is 1.00. The molecule has 0 aliphatic carbocycles. The van der Waals surface area contributed by atoms with Crippen LogP contribution in [0.1, 0.15) is 46.5 Å². The summed E-state index contributed by atoms with van der Waals surface area (Å²) in [5.41, 5.74) is 0. The molecule has 0 N–H and O–H groups in total. The van der Waals surface area contributed by atoms with Crippen LogP contribution in [0.15, 0.2) is 0 Å². The van der Waals surface area contributed by atoms with E-state index in [0.29, 0.717) is 0 Å². The highest BCUT2D eigenvalue weighted by Gasteiger charge is 1.99. The molecule has 0 fully saturated rings. The predicted octanol–water partition coefficient (Wildman–Crippen LogP) is 2.83. The lowest BCUT2D eigenvalue weighted by atomic mass is 10.0. The minimum atomic E-state index is 0.880. The Hall–Kier alpha value is -0.0400. The maximum absolute atomic E-state index is 4.32. The normalized spacial score (nSPS) is 13.4. The highest BCUT2D eigenvalue weighted by Crippen LogP contribution is 2.10. The Labute approximate surface area is 71.6 Å². The third kappa shape index (κ3) is 7.86. The van der Waals surface area contributed by atoms with Gasteiger partial charge >= 0.3 is 0 Å². The molecule has 1 radical (unpaired) electrons. The Balaban J connectivity index is 3.02. The van der Waals surface area contributed by atoms with Crippen LogP contribution in [0.3, 0.4) is 0 Å². The van der Waals surface area contributed by atoms with Crippen LogP contribution in [0.25, 0.3) is 0 Å². The van der Waals surface area contributed by atoms with Crippen molar-refractivity contribution in [3.63, 3.8) is 0 Å². The molecular weight excluding hydrogens is 134 g/mol. The van der Waals surface area contributed by atoms with Crippen LogP contribution in [-0.2, 0) is 0 Å². The van der Waals surface area contributed by atoms with E-state index in [1.807, 2.05) is 0 Å². The van der Waals surface area contributed by atoms with Gasteiger partial charge in [-0.15, -0.1) is 0 Å². The average molecular weight is 156 g/mol. The van der Waals surface area contributed by atoms with Crippen molar-refractivity contribution in [1.82, 2.24) is 5.32 Å². The second-order valence-electron chi connectivity index (χ2n) is 3.30. The molecule has 0 saturated heterocycles. The van der Waals surface area contributed by atoms with Gasteiger partial charge in [0.25, 0.3) is 0 Å². The van der Waals surface area contributed by atoms with Crippen molar-refractivity contribution >= 4 is 0 Å². The van der Waals surface area contributed by atoms with Gasteiger partial charge in [0.15, 0.2) is 0 Å². The third-order valence-electron chi connectivity index (χ3n) is 2.05. The molecule has 0 aliphatic heterocycles. The fourth-order valence-corrected chi connectivity index (χ4v) is 1.17. The summed E-state index contributed by atoms with van der Waals surface area (Å²) >= 11 is 0. The van der Waals surface area contributed by atoms with Gasteiger partial charge in [0.05, 0.1) is 0 Å². The van der Waals surface area contributed by atoms with Crippen molar-refractivity contribution in [1.29, 1.82) is 0 Å². The Kier molecular flexibility index (Phi) is 8.03. The van der Waals surface area contributed by atoms with Crippen LogP contribution in [0.2, 0.25) is 0 Å². The Bertz CT molecular complexity index is 71.3. The van der Waals surface area contributed by atoms with E-state index in [1.165, 1.54) is 25.7 Å². The summed E-state index contributed by atoms with van der Waals surface area (Å²) in [5, 5.41) is 4.32. The monoisotopic (exact) mass is 156 g/mol. The van der Waals surface area contributed by atoms with Gasteiger partial charge in [-0.2, -0.15) is 0 Å². The second-order valence-corrected chi connectivity index (χ2v) is 3.30. The van der Waals surface area contributed by atoms with Crippen molar-refractivity contribution < 1.29 is 0 Å². The van der Waals surface area contributed by atoms with E-state index in [1.54, 1.807) is 0 Å². The summed E-state index contributed by atoms with van der Waals surface area (Å²) in [4.78, 5) is 0. The van der Waals surface area contributed by atoms with Crippen molar-refractivity contribution in [2.24, 2.45) is 5.92 Å². The van der Waals surface area contributed by atoms with Gasteiger partial charge in [-0.05, 0) is 12.3 Å². The lowest BCUT2D eigenvalue weighted by molar-refractivity contribution is 0.455. The molecule has 1 atom stereocenters. The summed E-state index contributed by atoms with van der Waals surface area (Å²) in [6.07, 6.45) is 5.38. The molecule has 0 bridgehead atoms. The number of hydrogen-bond acceptors (Lipinski definition) is 0. The van der Waals surface area contributed by atoms with E-state index in [4.69, 9.17) is 0 Å². The minimum Gasteiger partial charge on any atom is -0.242 e. The number of rotatable bonds is 7. The first-order chi connectivity index (χ1) is 5.31. The Morgan fingerprint density at radius 3 is 2.45 bits per heavy atom. The predicted molar refractivity (Wildman–Crippen MR) is 50.8 cm³/mol. The molecule has 0 rings (SSSR count). The van der Waals surface area contributed by atoms with Crippen LogP contribution < -0.4 is 5.32 Å². The summed E-state index contributed by atoms with van der Waals surface area (Å²) in [7, 11) is 0. The minimum absolute atomic E-state index is 0.880. The van der Waals surface area contributed by atoms with E-state index in [2.05, 4.69) is 26.1 Å². The van der Waals surface area contributed by atoms with E-state index in [0.717, 1.165) is 19.0 Å². The van der Waals surface area contributed by atoms with Crippen molar-refractivity contribution in [2.75, 3.05) is 13.1 Å². The van der Waals surface area contributed by atoms with Crippen LogP contribution in [0.4, 0.5) is 0 Å². The fourth-order valence-electron chi connectivity index (χ4n) is 1.17. The Morgan fingerprint density at radius 1 is 1.18 bits per heavy atom. The zero-order valence-electron chi connectivity index (χ0n) is 8.27. The molecule has 0 aliphatic rings. The van der Waals surface area contributed by atoms with Gasteiger partial charge in [0, 0.05) is 13.1 Å². The zero-order valence-corrected chi connectivity index (χ0v) is 8.27. The van der Waals surface area contributed by atoms with Crippen molar-refractivity contribution in [3.8, 4) is 0 Å². The van der Waals surface area contributed by atoms with Crippen LogP contribution in [-0.4, -0.2) is 13.1 Å². The summed E-state index contributed by atoms with van der Waals surface area (Å²) in [6.45, 7) is 8.75. The molecule has 0 amide bonds. The van der Waals surface area contributed by atoms with Crippen LogP contribution >= 0.6 is 0 Å². The standard InChI is InChI=1S/C10H22N/c1-4-6-7-10(3)8-9-11-5-2/h10H,4-9H2,1-3H3. The molecule has 11 heavy (non-hydrogen) atoms. The van der Waals surface area contributed by atoms with Gasteiger partial charge in [-0.3, -0.25) is 0 Å². The molecular formula is C10H22N. The lowest BCUT2D eigenvalue weighted by Crippen LogP contribution is -2.09. The third-order valence-corrected chi connectivity index (χ3v) is 2.05. The molecule has 0 spiro atoms. The van der Waals surface area contributed by atoms with Gasteiger partial charge in [-0.1, -0.05) is 40.0 Å². The number of hydrogen-bond donors (Lipinski definition) is 0. The average Bonchev–Trinajstić information content (AvgIpc) is 2.01. The second kappa shape index (κ2) is 8.06. The molecule has 1 heteroatoms. The maximum Gasteiger partial charge on any atom is 0.0135 e. The van der Waals surface area contributed by atoms with Crippen LogP contribution in [0, 0.1) is 5.92 Å². The molecule has 0 aromatic carbocycles. The molecule has 0 aromatic rings. The van der Waals surface area contributed by atoms with E-state index in [9.17, 15) is 0 Å². The maximum atomic E-state index is 4.32. The first kappa shape index (κ1) is 11.0. The molecule has 0 saturated carbocycles. The lowest BCUT2D eigenvalue weighted by Gasteiger charge is -2.09. The largest absolute Gasteiger partial charge is 0.242 e. The molecule has 0 heterocycles. The van der Waals surface area contributed by atoms with Gasteiger partial charge < -0.3 is 0 Å².